The van der Waals surface area contributed by atoms with E-state index in [0.717, 1.165) is 32.5 Å². The Morgan fingerprint density at radius 2 is 2.40 bits per heavy atom. The van der Waals surface area contributed by atoms with Crippen molar-refractivity contribution in [1.82, 2.24) is 14.9 Å². The van der Waals surface area contributed by atoms with E-state index < -0.39 is 0 Å². The summed E-state index contributed by atoms with van der Waals surface area (Å²) in [6, 6.07) is 0. The number of hydrogen-bond acceptors (Lipinski definition) is 3. The predicted molar refractivity (Wildman–Crippen MR) is 58.3 cm³/mol. The van der Waals surface area contributed by atoms with Crippen molar-refractivity contribution in [2.75, 3.05) is 6.54 Å². The van der Waals surface area contributed by atoms with Crippen molar-refractivity contribution in [3.05, 3.63) is 18.2 Å². The summed E-state index contributed by atoms with van der Waals surface area (Å²) in [5.41, 5.74) is 1.23. The molecule has 0 atom stereocenters. The second-order valence-electron chi connectivity index (χ2n) is 4.29. The Morgan fingerprint density at radius 3 is 3.07 bits per heavy atom. The second-order valence-corrected chi connectivity index (χ2v) is 4.29. The van der Waals surface area contributed by atoms with Gasteiger partial charge in [-0.2, -0.15) is 0 Å². The molecule has 1 aliphatic rings. The predicted octanol–water partition coefficient (Wildman–Crippen LogP) is 0.763. The van der Waals surface area contributed by atoms with Crippen molar-refractivity contribution in [2.24, 2.45) is 5.92 Å². The van der Waals surface area contributed by atoms with E-state index in [-0.39, 0.29) is 6.10 Å². The molecule has 1 aromatic heterocycles. The molecule has 0 bridgehead atoms. The molecule has 1 saturated carbocycles. The van der Waals surface area contributed by atoms with Crippen molar-refractivity contribution in [3.8, 4) is 0 Å². The second kappa shape index (κ2) is 4.77. The van der Waals surface area contributed by atoms with Gasteiger partial charge in [-0.15, -0.1) is 0 Å². The summed E-state index contributed by atoms with van der Waals surface area (Å²) in [7, 11) is 0. The maximum Gasteiger partial charge on any atom is 0.0948 e. The van der Waals surface area contributed by atoms with Crippen LogP contribution in [0.25, 0.3) is 0 Å². The van der Waals surface area contributed by atoms with Crippen molar-refractivity contribution in [1.29, 1.82) is 0 Å². The third-order valence-electron chi connectivity index (χ3n) is 3.09. The lowest BCUT2D eigenvalue weighted by Crippen LogP contribution is -2.36. The van der Waals surface area contributed by atoms with Crippen LogP contribution in [0.15, 0.2) is 12.5 Å². The number of hydrogen-bond donors (Lipinski definition) is 2. The number of aryl methyl sites for hydroxylation is 1. The highest BCUT2D eigenvalue weighted by Gasteiger charge is 2.26. The van der Waals surface area contributed by atoms with Crippen molar-refractivity contribution in [2.45, 2.75) is 39.0 Å². The quantitative estimate of drug-likeness (QED) is 0.753. The van der Waals surface area contributed by atoms with E-state index in [1.165, 1.54) is 5.69 Å². The number of nitrogens with zero attached hydrogens (tertiary/aromatic N) is 2. The Labute approximate surface area is 90.3 Å². The summed E-state index contributed by atoms with van der Waals surface area (Å²) < 4.78 is 2.14. The number of aliphatic hydroxyl groups is 1. The molecule has 0 amide bonds. The largest absolute Gasteiger partial charge is 0.393 e. The smallest absolute Gasteiger partial charge is 0.0948 e. The molecule has 1 heterocycles. The van der Waals surface area contributed by atoms with E-state index in [1.54, 1.807) is 0 Å². The normalized spacial score (nSPS) is 25.2. The lowest BCUT2D eigenvalue weighted by molar-refractivity contribution is 0.0429. The Kier molecular flexibility index (Phi) is 3.38. The van der Waals surface area contributed by atoms with Crippen molar-refractivity contribution < 1.29 is 5.11 Å². The molecular formula is C11H19N3O. The molecule has 2 N–H and O–H groups in total. The van der Waals surface area contributed by atoms with Gasteiger partial charge in [0.05, 0.1) is 18.1 Å². The molecule has 0 radical (unpaired) electrons. The Balaban J connectivity index is 1.69. The summed E-state index contributed by atoms with van der Waals surface area (Å²) in [6.07, 6.45) is 5.65. The molecule has 84 valence electrons. The zero-order chi connectivity index (χ0) is 10.7. The van der Waals surface area contributed by atoms with Gasteiger partial charge >= 0.3 is 0 Å². The summed E-state index contributed by atoms with van der Waals surface area (Å²) in [5.74, 6) is 0.665. The van der Waals surface area contributed by atoms with Crippen LogP contribution in [0.5, 0.6) is 0 Å². The molecule has 0 aromatic carbocycles. The molecule has 15 heavy (non-hydrogen) atoms. The van der Waals surface area contributed by atoms with Gasteiger partial charge < -0.3 is 15.0 Å². The Hall–Kier alpha value is -0.870. The summed E-state index contributed by atoms with van der Waals surface area (Å²) in [6.45, 7) is 4.97. The van der Waals surface area contributed by atoms with Gasteiger partial charge in [0, 0.05) is 19.3 Å². The fourth-order valence-corrected chi connectivity index (χ4v) is 2.05. The van der Waals surface area contributed by atoms with E-state index in [0.29, 0.717) is 5.92 Å². The standard InChI is InChI=1S/C11H19N3O/c1-2-14-8-13-7-10(14)6-12-5-9-3-11(15)4-9/h7-9,11-12,15H,2-6H2,1H3. The summed E-state index contributed by atoms with van der Waals surface area (Å²) in [4.78, 5) is 4.12. The average molecular weight is 209 g/mol. The number of imidazole rings is 1. The third kappa shape index (κ3) is 2.58. The SMILES string of the molecule is CCn1cncc1CNCC1CC(O)C1. The van der Waals surface area contributed by atoms with Crippen LogP contribution in [0.4, 0.5) is 0 Å². The summed E-state index contributed by atoms with van der Waals surface area (Å²) in [5, 5.41) is 12.6. The lowest BCUT2D eigenvalue weighted by Gasteiger charge is -2.31. The minimum absolute atomic E-state index is 0.0435. The molecule has 4 heteroatoms. The minimum Gasteiger partial charge on any atom is -0.393 e. The number of nitrogens with one attached hydrogen (secondary N) is 1. The maximum atomic E-state index is 9.14. The van der Waals surface area contributed by atoms with Crippen molar-refractivity contribution in [3.63, 3.8) is 0 Å². The molecule has 2 rings (SSSR count). The van der Waals surface area contributed by atoms with E-state index in [2.05, 4.69) is 21.8 Å². The third-order valence-corrected chi connectivity index (χ3v) is 3.09. The average Bonchev–Trinajstić information content (AvgIpc) is 2.62. The first-order valence-electron chi connectivity index (χ1n) is 5.67. The molecule has 0 saturated heterocycles. The molecule has 0 aliphatic heterocycles. The molecule has 1 fully saturated rings. The van der Waals surface area contributed by atoms with Gasteiger partial charge in [-0.25, -0.2) is 4.98 Å². The Morgan fingerprint density at radius 1 is 1.60 bits per heavy atom. The summed E-state index contributed by atoms with van der Waals surface area (Å²) >= 11 is 0. The highest BCUT2D eigenvalue weighted by molar-refractivity contribution is 4.97. The van der Waals surface area contributed by atoms with Gasteiger partial charge in [-0.05, 0) is 32.2 Å². The molecule has 0 spiro atoms. The monoisotopic (exact) mass is 209 g/mol. The highest BCUT2D eigenvalue weighted by atomic mass is 16.3. The number of rotatable bonds is 5. The van der Waals surface area contributed by atoms with E-state index in [1.807, 2.05) is 12.5 Å². The van der Waals surface area contributed by atoms with Crippen LogP contribution >= 0.6 is 0 Å². The maximum absolute atomic E-state index is 9.14. The lowest BCUT2D eigenvalue weighted by atomic mass is 9.82. The van der Waals surface area contributed by atoms with Gasteiger partial charge in [0.25, 0.3) is 0 Å². The van der Waals surface area contributed by atoms with Crippen LogP contribution in [0.1, 0.15) is 25.5 Å². The highest BCUT2D eigenvalue weighted by Crippen LogP contribution is 2.26. The van der Waals surface area contributed by atoms with Crippen molar-refractivity contribution >= 4 is 0 Å². The topological polar surface area (TPSA) is 50.1 Å². The first kappa shape index (κ1) is 10.6. The minimum atomic E-state index is -0.0435. The van der Waals surface area contributed by atoms with Gasteiger partial charge in [0.2, 0.25) is 0 Å². The zero-order valence-corrected chi connectivity index (χ0v) is 9.19. The van der Waals surface area contributed by atoms with Crippen LogP contribution in [0.2, 0.25) is 0 Å². The van der Waals surface area contributed by atoms with Crippen LogP contribution in [0.3, 0.4) is 0 Å². The molecular weight excluding hydrogens is 190 g/mol. The first-order chi connectivity index (χ1) is 7.29. The number of aliphatic hydroxyl groups excluding tert-OH is 1. The van der Waals surface area contributed by atoms with Crippen LogP contribution in [0, 0.1) is 5.92 Å². The number of aromatic nitrogens is 2. The van der Waals surface area contributed by atoms with Crippen LogP contribution in [-0.2, 0) is 13.1 Å². The van der Waals surface area contributed by atoms with Gasteiger partial charge in [0.15, 0.2) is 0 Å². The van der Waals surface area contributed by atoms with Gasteiger partial charge in [-0.1, -0.05) is 0 Å². The van der Waals surface area contributed by atoms with Crippen LogP contribution in [-0.4, -0.2) is 27.3 Å². The molecule has 0 unspecified atom stereocenters. The molecule has 1 aromatic rings. The van der Waals surface area contributed by atoms with Gasteiger partial charge in [0.1, 0.15) is 0 Å². The fraction of sp³-hybridized carbons (Fsp3) is 0.727. The Bertz CT molecular complexity index is 305. The fourth-order valence-electron chi connectivity index (χ4n) is 2.05. The molecule has 4 nitrogen and oxygen atoms in total. The van der Waals surface area contributed by atoms with E-state index >= 15 is 0 Å². The van der Waals surface area contributed by atoms with E-state index in [4.69, 9.17) is 5.11 Å². The van der Waals surface area contributed by atoms with E-state index in [9.17, 15) is 0 Å². The molecule has 1 aliphatic carbocycles. The first-order valence-corrected chi connectivity index (χ1v) is 5.67. The zero-order valence-electron chi connectivity index (χ0n) is 9.19. The van der Waals surface area contributed by atoms with Gasteiger partial charge in [-0.3, -0.25) is 0 Å². The van der Waals surface area contributed by atoms with Crippen LogP contribution < -0.4 is 5.32 Å².